The summed E-state index contributed by atoms with van der Waals surface area (Å²) >= 11 is 0. The van der Waals surface area contributed by atoms with Crippen molar-refractivity contribution in [2.75, 3.05) is 31.1 Å². The molecule has 2 aromatic rings. The Morgan fingerprint density at radius 3 is 2.60 bits per heavy atom. The summed E-state index contributed by atoms with van der Waals surface area (Å²) in [4.78, 5) is 25.0. The van der Waals surface area contributed by atoms with Crippen molar-refractivity contribution in [2.24, 2.45) is 0 Å². The SMILES string of the molecule is Cc1nn(C(C)C)c(C)c1CN1CCC[C@H](c2cc(=O)[nH]c(N3CCCCC3)n2)C1. The molecule has 2 aliphatic rings. The zero-order valence-corrected chi connectivity index (χ0v) is 18.9. The zero-order valence-electron chi connectivity index (χ0n) is 18.9. The highest BCUT2D eigenvalue weighted by Gasteiger charge is 2.26. The fourth-order valence-electron chi connectivity index (χ4n) is 5.02. The van der Waals surface area contributed by atoms with E-state index in [-0.39, 0.29) is 5.56 Å². The first-order valence-electron chi connectivity index (χ1n) is 11.6. The summed E-state index contributed by atoms with van der Waals surface area (Å²) in [6, 6.07) is 2.09. The molecule has 0 amide bonds. The van der Waals surface area contributed by atoms with Gasteiger partial charge >= 0.3 is 0 Å². The van der Waals surface area contributed by atoms with Crippen LogP contribution in [0.3, 0.4) is 0 Å². The molecule has 0 aliphatic carbocycles. The maximum absolute atomic E-state index is 12.4. The largest absolute Gasteiger partial charge is 0.342 e. The van der Waals surface area contributed by atoms with Gasteiger partial charge in [0.25, 0.3) is 5.56 Å². The van der Waals surface area contributed by atoms with Crippen LogP contribution in [-0.4, -0.2) is 50.8 Å². The summed E-state index contributed by atoms with van der Waals surface area (Å²) in [6.07, 6.45) is 5.84. The van der Waals surface area contributed by atoms with Gasteiger partial charge < -0.3 is 4.90 Å². The Morgan fingerprint density at radius 1 is 1.13 bits per heavy atom. The van der Waals surface area contributed by atoms with Crippen LogP contribution < -0.4 is 10.5 Å². The Labute approximate surface area is 179 Å². The minimum absolute atomic E-state index is 0.0254. The minimum atomic E-state index is -0.0254. The number of hydrogen-bond donors (Lipinski definition) is 1. The third kappa shape index (κ3) is 4.46. The van der Waals surface area contributed by atoms with Crippen molar-refractivity contribution in [2.45, 2.75) is 78.3 Å². The molecule has 30 heavy (non-hydrogen) atoms. The summed E-state index contributed by atoms with van der Waals surface area (Å²) in [6.45, 7) is 13.6. The van der Waals surface area contributed by atoms with Crippen molar-refractivity contribution in [3.8, 4) is 0 Å². The van der Waals surface area contributed by atoms with Gasteiger partial charge in [-0.15, -0.1) is 0 Å². The number of aromatic amines is 1. The second kappa shape index (κ2) is 8.92. The Balaban J connectivity index is 1.51. The molecule has 2 fully saturated rings. The predicted molar refractivity (Wildman–Crippen MR) is 120 cm³/mol. The van der Waals surface area contributed by atoms with Crippen LogP contribution in [0.25, 0.3) is 0 Å². The second-order valence-corrected chi connectivity index (χ2v) is 9.30. The Bertz CT molecular complexity index is 924. The highest BCUT2D eigenvalue weighted by atomic mass is 16.1. The van der Waals surface area contributed by atoms with E-state index in [1.165, 1.54) is 30.5 Å². The van der Waals surface area contributed by atoms with Crippen molar-refractivity contribution in [1.29, 1.82) is 0 Å². The van der Waals surface area contributed by atoms with Crippen LogP contribution in [0.5, 0.6) is 0 Å². The number of nitrogens with zero attached hydrogens (tertiary/aromatic N) is 5. The van der Waals surface area contributed by atoms with Gasteiger partial charge in [-0.1, -0.05) is 0 Å². The Kier molecular flexibility index (Phi) is 6.27. The lowest BCUT2D eigenvalue weighted by molar-refractivity contribution is 0.197. The number of aromatic nitrogens is 4. The van der Waals surface area contributed by atoms with Crippen molar-refractivity contribution >= 4 is 5.95 Å². The molecule has 0 spiro atoms. The highest BCUT2D eigenvalue weighted by molar-refractivity contribution is 5.32. The first-order valence-corrected chi connectivity index (χ1v) is 11.6. The molecule has 1 N–H and O–H groups in total. The van der Waals surface area contributed by atoms with Crippen LogP contribution in [-0.2, 0) is 6.54 Å². The quantitative estimate of drug-likeness (QED) is 0.813. The number of nitrogens with one attached hydrogen (secondary N) is 1. The number of piperidine rings is 2. The maximum atomic E-state index is 12.4. The van der Waals surface area contributed by atoms with Gasteiger partial charge in [-0.2, -0.15) is 5.10 Å². The van der Waals surface area contributed by atoms with E-state index in [4.69, 9.17) is 10.1 Å². The number of H-pyrrole nitrogens is 1. The molecule has 0 aromatic carbocycles. The average molecular weight is 413 g/mol. The minimum Gasteiger partial charge on any atom is -0.342 e. The molecule has 164 valence electrons. The molecule has 1 atom stereocenters. The number of rotatable bonds is 5. The lowest BCUT2D eigenvalue weighted by Gasteiger charge is -2.33. The molecule has 4 heterocycles. The summed E-state index contributed by atoms with van der Waals surface area (Å²) in [7, 11) is 0. The van der Waals surface area contributed by atoms with Crippen molar-refractivity contribution < 1.29 is 0 Å². The second-order valence-electron chi connectivity index (χ2n) is 9.30. The van der Waals surface area contributed by atoms with Crippen LogP contribution in [0, 0.1) is 13.8 Å². The van der Waals surface area contributed by atoms with E-state index < -0.39 is 0 Å². The number of anilines is 1. The molecule has 7 heteroatoms. The fraction of sp³-hybridized carbons (Fsp3) is 0.696. The van der Waals surface area contributed by atoms with E-state index >= 15 is 0 Å². The van der Waals surface area contributed by atoms with Crippen LogP contribution in [0.15, 0.2) is 10.9 Å². The van der Waals surface area contributed by atoms with E-state index in [1.807, 2.05) is 0 Å². The van der Waals surface area contributed by atoms with Crippen LogP contribution in [0.4, 0.5) is 5.95 Å². The average Bonchev–Trinajstić information content (AvgIpc) is 3.03. The lowest BCUT2D eigenvalue weighted by Crippen LogP contribution is -2.36. The van der Waals surface area contributed by atoms with E-state index in [0.717, 1.165) is 62.9 Å². The van der Waals surface area contributed by atoms with Crippen LogP contribution in [0.1, 0.15) is 80.6 Å². The first-order chi connectivity index (χ1) is 14.4. The smallest absolute Gasteiger partial charge is 0.252 e. The van der Waals surface area contributed by atoms with Crippen molar-refractivity contribution in [1.82, 2.24) is 24.6 Å². The van der Waals surface area contributed by atoms with E-state index in [0.29, 0.717) is 12.0 Å². The number of likely N-dealkylation sites (tertiary alicyclic amines) is 1. The monoisotopic (exact) mass is 412 g/mol. The molecular weight excluding hydrogens is 376 g/mol. The molecule has 7 nitrogen and oxygen atoms in total. The normalized spacial score (nSPS) is 20.8. The van der Waals surface area contributed by atoms with Crippen molar-refractivity contribution in [3.63, 3.8) is 0 Å². The molecule has 0 bridgehead atoms. The van der Waals surface area contributed by atoms with Gasteiger partial charge in [0.05, 0.1) is 11.4 Å². The molecule has 0 saturated carbocycles. The topological polar surface area (TPSA) is 70.1 Å². The molecule has 2 aromatic heterocycles. The lowest BCUT2D eigenvalue weighted by atomic mass is 9.94. The van der Waals surface area contributed by atoms with Gasteiger partial charge in [0, 0.05) is 55.5 Å². The highest BCUT2D eigenvalue weighted by Crippen LogP contribution is 2.28. The van der Waals surface area contributed by atoms with Gasteiger partial charge in [-0.3, -0.25) is 19.4 Å². The summed E-state index contributed by atoms with van der Waals surface area (Å²) < 4.78 is 2.13. The zero-order chi connectivity index (χ0) is 21.3. The Hall–Kier alpha value is -2.15. The molecule has 0 unspecified atom stereocenters. The van der Waals surface area contributed by atoms with Gasteiger partial charge in [-0.25, -0.2) is 4.98 Å². The molecule has 0 radical (unpaired) electrons. The van der Waals surface area contributed by atoms with E-state index in [1.54, 1.807) is 6.07 Å². The molecule has 2 saturated heterocycles. The van der Waals surface area contributed by atoms with Crippen molar-refractivity contribution in [3.05, 3.63) is 39.1 Å². The van der Waals surface area contributed by atoms with Crippen LogP contribution >= 0.6 is 0 Å². The Morgan fingerprint density at radius 2 is 1.90 bits per heavy atom. The van der Waals surface area contributed by atoms with E-state index in [2.05, 4.69) is 47.2 Å². The summed E-state index contributed by atoms with van der Waals surface area (Å²) in [5.41, 5.74) is 4.67. The predicted octanol–water partition coefficient (Wildman–Crippen LogP) is 3.53. The van der Waals surface area contributed by atoms with Gasteiger partial charge in [-0.05, 0) is 66.3 Å². The van der Waals surface area contributed by atoms with Crippen LogP contribution in [0.2, 0.25) is 0 Å². The van der Waals surface area contributed by atoms with Gasteiger partial charge in [0.15, 0.2) is 0 Å². The summed E-state index contributed by atoms with van der Waals surface area (Å²) in [5, 5.41) is 4.75. The fourth-order valence-corrected chi connectivity index (χ4v) is 5.02. The van der Waals surface area contributed by atoms with Gasteiger partial charge in [0.1, 0.15) is 0 Å². The van der Waals surface area contributed by atoms with Gasteiger partial charge in [0.2, 0.25) is 5.95 Å². The third-order valence-corrected chi connectivity index (χ3v) is 6.67. The standard InChI is InChI=1S/C23H36N6O/c1-16(2)29-18(4)20(17(3)26-29)15-27-10-8-9-19(14-27)21-13-22(30)25-23(24-21)28-11-6-5-7-12-28/h13,16,19H,5-12,14-15H2,1-4H3,(H,24,25,30)/t19-/m0/s1. The number of hydrogen-bond acceptors (Lipinski definition) is 5. The molecular formula is C23H36N6O. The van der Waals surface area contributed by atoms with E-state index in [9.17, 15) is 4.79 Å². The molecule has 4 rings (SSSR count). The maximum Gasteiger partial charge on any atom is 0.252 e. The summed E-state index contributed by atoms with van der Waals surface area (Å²) in [5.74, 6) is 1.07. The third-order valence-electron chi connectivity index (χ3n) is 6.67. The molecule has 2 aliphatic heterocycles. The first kappa shape index (κ1) is 21.1. The number of aryl methyl sites for hydroxylation is 1.